The maximum absolute atomic E-state index is 13.0. The Morgan fingerprint density at radius 3 is 2.65 bits per heavy atom. The molecule has 1 aliphatic carbocycles. The largest absolute Gasteiger partial charge is 0.492 e. The van der Waals surface area contributed by atoms with Crippen LogP contribution >= 0.6 is 0 Å². The molecule has 2 aromatic rings. The van der Waals surface area contributed by atoms with E-state index in [-0.39, 0.29) is 12.0 Å². The molecule has 136 valence electrons. The molecule has 0 bridgehead atoms. The van der Waals surface area contributed by atoms with Crippen molar-refractivity contribution in [1.82, 2.24) is 4.90 Å². The van der Waals surface area contributed by atoms with Gasteiger partial charge in [0.2, 0.25) is 0 Å². The van der Waals surface area contributed by atoms with Crippen LogP contribution in [0.15, 0.2) is 54.6 Å². The average molecular weight is 351 g/mol. The van der Waals surface area contributed by atoms with Crippen molar-refractivity contribution in [3.05, 3.63) is 65.7 Å². The molecular formula is C22H25NO3. The lowest BCUT2D eigenvalue weighted by Gasteiger charge is -2.33. The molecule has 1 heterocycles. The first-order chi connectivity index (χ1) is 12.8. The van der Waals surface area contributed by atoms with Crippen LogP contribution in [0.1, 0.15) is 28.8 Å². The summed E-state index contributed by atoms with van der Waals surface area (Å²) in [6, 6.07) is 17.8. The number of hydrogen-bond donors (Lipinski definition) is 0. The van der Waals surface area contributed by atoms with Crippen molar-refractivity contribution in [3.8, 4) is 5.75 Å². The maximum Gasteiger partial charge on any atom is 0.257 e. The third-order valence-electron chi connectivity index (χ3n) is 5.14. The predicted molar refractivity (Wildman–Crippen MR) is 100 cm³/mol. The first-order valence-electron chi connectivity index (χ1n) is 9.48. The summed E-state index contributed by atoms with van der Waals surface area (Å²) in [5.74, 6) is 1.36. The Labute approximate surface area is 154 Å². The molecule has 0 radical (unpaired) electrons. The van der Waals surface area contributed by atoms with Gasteiger partial charge >= 0.3 is 0 Å². The van der Waals surface area contributed by atoms with Gasteiger partial charge in [0.15, 0.2) is 0 Å². The van der Waals surface area contributed by atoms with Crippen LogP contribution < -0.4 is 4.74 Å². The summed E-state index contributed by atoms with van der Waals surface area (Å²) >= 11 is 0. The number of morpholine rings is 1. The van der Waals surface area contributed by atoms with Crippen LogP contribution in [0, 0.1) is 5.92 Å². The van der Waals surface area contributed by atoms with Gasteiger partial charge in [-0.25, -0.2) is 0 Å². The van der Waals surface area contributed by atoms with Gasteiger partial charge in [-0.1, -0.05) is 42.5 Å². The van der Waals surface area contributed by atoms with E-state index < -0.39 is 0 Å². The standard InChI is InChI=1S/C22H25NO3/c24-22(23-13-15-26-21(16-23)18-10-11-18)19-8-4-5-9-20(19)25-14-12-17-6-2-1-3-7-17/h1-9,18,21H,10-16H2/t21-/m1/s1. The second-order valence-electron chi connectivity index (χ2n) is 7.08. The van der Waals surface area contributed by atoms with Crippen LogP contribution in [0.3, 0.4) is 0 Å². The number of carbonyl (C=O) groups excluding carboxylic acids is 1. The topological polar surface area (TPSA) is 38.8 Å². The first-order valence-corrected chi connectivity index (χ1v) is 9.48. The van der Waals surface area contributed by atoms with Crippen LogP contribution in [0.4, 0.5) is 0 Å². The quantitative estimate of drug-likeness (QED) is 0.799. The highest BCUT2D eigenvalue weighted by molar-refractivity contribution is 5.97. The summed E-state index contributed by atoms with van der Waals surface area (Å²) in [6.45, 7) is 2.54. The van der Waals surface area contributed by atoms with Gasteiger partial charge in [0.25, 0.3) is 5.91 Å². The molecule has 1 atom stereocenters. The van der Waals surface area contributed by atoms with Gasteiger partial charge in [-0.2, -0.15) is 0 Å². The molecule has 2 aliphatic rings. The van der Waals surface area contributed by atoms with Gasteiger partial charge in [-0.05, 0) is 36.5 Å². The van der Waals surface area contributed by atoms with E-state index in [0.717, 1.165) is 6.42 Å². The zero-order valence-electron chi connectivity index (χ0n) is 15.0. The molecule has 0 unspecified atom stereocenters. The lowest BCUT2D eigenvalue weighted by Crippen LogP contribution is -2.46. The summed E-state index contributed by atoms with van der Waals surface area (Å²) in [6.07, 6.45) is 3.49. The monoisotopic (exact) mass is 351 g/mol. The van der Waals surface area contributed by atoms with E-state index in [1.54, 1.807) is 0 Å². The van der Waals surface area contributed by atoms with Gasteiger partial charge < -0.3 is 14.4 Å². The average Bonchev–Trinajstić information content (AvgIpc) is 3.54. The van der Waals surface area contributed by atoms with Gasteiger partial charge in [-0.3, -0.25) is 4.79 Å². The number of carbonyl (C=O) groups is 1. The van der Waals surface area contributed by atoms with Gasteiger partial charge in [0.1, 0.15) is 5.75 Å². The number of rotatable bonds is 6. The fourth-order valence-corrected chi connectivity index (χ4v) is 3.48. The zero-order chi connectivity index (χ0) is 17.8. The van der Waals surface area contributed by atoms with Gasteiger partial charge in [-0.15, -0.1) is 0 Å². The van der Waals surface area contributed by atoms with Crippen molar-refractivity contribution in [2.24, 2.45) is 5.92 Å². The van der Waals surface area contributed by atoms with Crippen LogP contribution in [-0.4, -0.2) is 43.2 Å². The second kappa shape index (κ2) is 7.92. The van der Waals surface area contributed by atoms with E-state index in [1.165, 1.54) is 18.4 Å². The van der Waals surface area contributed by atoms with Gasteiger partial charge in [0.05, 0.1) is 24.9 Å². The van der Waals surface area contributed by atoms with E-state index in [4.69, 9.17) is 9.47 Å². The predicted octanol–water partition coefficient (Wildman–Crippen LogP) is 3.56. The molecule has 2 fully saturated rings. The number of hydrogen-bond acceptors (Lipinski definition) is 3. The molecule has 1 aliphatic heterocycles. The summed E-state index contributed by atoms with van der Waals surface area (Å²) in [5, 5.41) is 0. The number of amides is 1. The lowest BCUT2D eigenvalue weighted by atomic mass is 10.1. The van der Waals surface area contributed by atoms with Gasteiger partial charge in [0, 0.05) is 19.5 Å². The van der Waals surface area contributed by atoms with E-state index in [2.05, 4.69) is 12.1 Å². The molecule has 1 amide bonds. The minimum absolute atomic E-state index is 0.0502. The Bertz CT molecular complexity index is 742. The van der Waals surface area contributed by atoms with E-state index in [0.29, 0.717) is 43.5 Å². The maximum atomic E-state index is 13.0. The second-order valence-corrected chi connectivity index (χ2v) is 7.08. The number of para-hydroxylation sites is 1. The van der Waals surface area contributed by atoms with Crippen LogP contribution in [0.5, 0.6) is 5.75 Å². The minimum atomic E-state index is 0.0502. The highest BCUT2D eigenvalue weighted by atomic mass is 16.5. The van der Waals surface area contributed by atoms with E-state index in [9.17, 15) is 4.79 Å². The minimum Gasteiger partial charge on any atom is -0.492 e. The highest BCUT2D eigenvalue weighted by Crippen LogP contribution is 2.36. The molecular weight excluding hydrogens is 326 g/mol. The zero-order valence-corrected chi connectivity index (χ0v) is 15.0. The third kappa shape index (κ3) is 4.07. The van der Waals surface area contributed by atoms with Crippen molar-refractivity contribution >= 4 is 5.91 Å². The van der Waals surface area contributed by atoms with Crippen LogP contribution in [0.25, 0.3) is 0 Å². The summed E-state index contributed by atoms with van der Waals surface area (Å²) in [7, 11) is 0. The number of nitrogens with zero attached hydrogens (tertiary/aromatic N) is 1. The normalized spacial score (nSPS) is 20.0. The van der Waals surface area contributed by atoms with Crippen LogP contribution in [0.2, 0.25) is 0 Å². The van der Waals surface area contributed by atoms with E-state index >= 15 is 0 Å². The Morgan fingerprint density at radius 1 is 1.08 bits per heavy atom. The molecule has 4 nitrogen and oxygen atoms in total. The SMILES string of the molecule is O=C(c1ccccc1OCCc1ccccc1)N1CCO[C@@H](C2CC2)C1. The van der Waals surface area contributed by atoms with Crippen molar-refractivity contribution in [2.45, 2.75) is 25.4 Å². The molecule has 2 aromatic carbocycles. The number of benzene rings is 2. The molecule has 4 heteroatoms. The Kier molecular flexibility index (Phi) is 5.21. The lowest BCUT2D eigenvalue weighted by molar-refractivity contribution is -0.0314. The van der Waals surface area contributed by atoms with Crippen LogP contribution in [-0.2, 0) is 11.2 Å². The summed E-state index contributed by atoms with van der Waals surface area (Å²) < 4.78 is 11.8. The van der Waals surface area contributed by atoms with Crippen molar-refractivity contribution in [1.29, 1.82) is 0 Å². The molecule has 4 rings (SSSR count). The molecule has 0 spiro atoms. The number of ether oxygens (including phenoxy) is 2. The summed E-state index contributed by atoms with van der Waals surface area (Å²) in [4.78, 5) is 15.0. The Morgan fingerprint density at radius 2 is 1.85 bits per heavy atom. The highest BCUT2D eigenvalue weighted by Gasteiger charge is 2.36. The van der Waals surface area contributed by atoms with Crippen molar-refractivity contribution in [3.63, 3.8) is 0 Å². The molecule has 1 saturated heterocycles. The smallest absolute Gasteiger partial charge is 0.257 e. The fraction of sp³-hybridized carbons (Fsp3) is 0.409. The van der Waals surface area contributed by atoms with E-state index in [1.807, 2.05) is 47.4 Å². The molecule has 0 aromatic heterocycles. The Balaban J connectivity index is 1.40. The Hall–Kier alpha value is -2.33. The summed E-state index contributed by atoms with van der Waals surface area (Å²) in [5.41, 5.74) is 1.88. The molecule has 0 N–H and O–H groups in total. The molecule has 26 heavy (non-hydrogen) atoms. The fourth-order valence-electron chi connectivity index (χ4n) is 3.48. The first kappa shape index (κ1) is 17.1. The van der Waals surface area contributed by atoms with Crippen molar-refractivity contribution in [2.75, 3.05) is 26.3 Å². The molecule has 1 saturated carbocycles. The van der Waals surface area contributed by atoms with Crippen molar-refractivity contribution < 1.29 is 14.3 Å². The third-order valence-corrected chi connectivity index (χ3v) is 5.14.